The van der Waals surface area contributed by atoms with Crippen molar-refractivity contribution in [2.24, 2.45) is 0 Å². The number of nitrogens with zero attached hydrogens (tertiary/aromatic N) is 2. The third-order valence-electron chi connectivity index (χ3n) is 2.98. The first-order valence-electron chi connectivity index (χ1n) is 6.53. The standard InChI is InChI=1S/C14H25N3/c1-4-17(3)12-13(2)16-10-6-8-14-7-5-9-15-11-14/h5,7,9,11,13,16H,4,6,8,10,12H2,1-3H3. The van der Waals surface area contributed by atoms with Crippen LogP contribution in [0.25, 0.3) is 0 Å². The summed E-state index contributed by atoms with van der Waals surface area (Å²) >= 11 is 0. The summed E-state index contributed by atoms with van der Waals surface area (Å²) in [5.74, 6) is 0. The molecule has 1 aromatic heterocycles. The Morgan fingerprint density at radius 3 is 2.94 bits per heavy atom. The quantitative estimate of drug-likeness (QED) is 0.698. The smallest absolute Gasteiger partial charge is 0.0299 e. The lowest BCUT2D eigenvalue weighted by atomic mass is 10.1. The molecule has 0 spiro atoms. The molecule has 0 aromatic carbocycles. The minimum absolute atomic E-state index is 0.564. The molecule has 0 radical (unpaired) electrons. The van der Waals surface area contributed by atoms with Gasteiger partial charge in [0, 0.05) is 25.0 Å². The van der Waals surface area contributed by atoms with Crippen molar-refractivity contribution >= 4 is 0 Å². The predicted octanol–water partition coefficient (Wildman–Crippen LogP) is 1.94. The van der Waals surface area contributed by atoms with E-state index in [1.165, 1.54) is 12.0 Å². The van der Waals surface area contributed by atoms with E-state index in [0.717, 1.165) is 26.1 Å². The molecule has 1 N–H and O–H groups in total. The third-order valence-corrected chi connectivity index (χ3v) is 2.98. The number of aryl methyl sites for hydroxylation is 1. The Bertz CT molecular complexity index is 287. The highest BCUT2D eigenvalue weighted by Crippen LogP contribution is 1.99. The monoisotopic (exact) mass is 235 g/mol. The second kappa shape index (κ2) is 8.20. The molecule has 3 nitrogen and oxygen atoms in total. The third kappa shape index (κ3) is 6.39. The SMILES string of the molecule is CCN(C)CC(C)NCCCc1cccnc1. The van der Waals surface area contributed by atoms with Gasteiger partial charge in [0.1, 0.15) is 0 Å². The van der Waals surface area contributed by atoms with E-state index in [-0.39, 0.29) is 0 Å². The van der Waals surface area contributed by atoms with Crippen LogP contribution in [0.1, 0.15) is 25.8 Å². The van der Waals surface area contributed by atoms with E-state index < -0.39 is 0 Å². The van der Waals surface area contributed by atoms with Crippen molar-refractivity contribution in [2.75, 3.05) is 26.7 Å². The second-order valence-electron chi connectivity index (χ2n) is 4.67. The molecule has 0 amide bonds. The minimum Gasteiger partial charge on any atom is -0.313 e. The molecule has 1 atom stereocenters. The van der Waals surface area contributed by atoms with Gasteiger partial charge >= 0.3 is 0 Å². The van der Waals surface area contributed by atoms with Crippen LogP contribution in [0, 0.1) is 0 Å². The molecule has 0 aliphatic rings. The maximum atomic E-state index is 4.12. The van der Waals surface area contributed by atoms with Gasteiger partial charge in [-0.1, -0.05) is 13.0 Å². The molecule has 0 bridgehead atoms. The number of hydrogen-bond donors (Lipinski definition) is 1. The summed E-state index contributed by atoms with van der Waals surface area (Å²) in [6.45, 7) is 7.74. The molecule has 0 aliphatic heterocycles. The van der Waals surface area contributed by atoms with Crippen molar-refractivity contribution in [3.05, 3.63) is 30.1 Å². The summed E-state index contributed by atoms with van der Waals surface area (Å²) in [4.78, 5) is 6.45. The Morgan fingerprint density at radius 1 is 1.47 bits per heavy atom. The minimum atomic E-state index is 0.564. The first-order valence-corrected chi connectivity index (χ1v) is 6.53. The molecular weight excluding hydrogens is 210 g/mol. The number of hydrogen-bond acceptors (Lipinski definition) is 3. The topological polar surface area (TPSA) is 28.2 Å². The van der Waals surface area contributed by atoms with E-state index in [1.54, 1.807) is 0 Å². The second-order valence-corrected chi connectivity index (χ2v) is 4.67. The van der Waals surface area contributed by atoms with Crippen molar-refractivity contribution in [1.29, 1.82) is 0 Å². The van der Waals surface area contributed by atoms with Gasteiger partial charge < -0.3 is 10.2 Å². The van der Waals surface area contributed by atoms with E-state index in [0.29, 0.717) is 6.04 Å². The van der Waals surface area contributed by atoms with Crippen molar-refractivity contribution < 1.29 is 0 Å². The van der Waals surface area contributed by atoms with Gasteiger partial charge in [-0.2, -0.15) is 0 Å². The van der Waals surface area contributed by atoms with Crippen LogP contribution >= 0.6 is 0 Å². The van der Waals surface area contributed by atoms with E-state index in [9.17, 15) is 0 Å². The number of aromatic nitrogens is 1. The van der Waals surface area contributed by atoms with Crippen LogP contribution < -0.4 is 5.32 Å². The Balaban J connectivity index is 2.08. The van der Waals surface area contributed by atoms with Gasteiger partial charge in [0.25, 0.3) is 0 Å². The molecule has 0 saturated carbocycles. The summed E-state index contributed by atoms with van der Waals surface area (Å²) in [6, 6.07) is 4.71. The number of pyridine rings is 1. The molecule has 1 aromatic rings. The molecule has 1 unspecified atom stereocenters. The number of nitrogens with one attached hydrogen (secondary N) is 1. The molecule has 17 heavy (non-hydrogen) atoms. The first-order chi connectivity index (χ1) is 8.22. The lowest BCUT2D eigenvalue weighted by molar-refractivity contribution is 0.310. The largest absolute Gasteiger partial charge is 0.313 e. The van der Waals surface area contributed by atoms with Crippen LogP contribution in [0.3, 0.4) is 0 Å². The summed E-state index contributed by atoms with van der Waals surface area (Å²) < 4.78 is 0. The maximum absolute atomic E-state index is 4.12. The van der Waals surface area contributed by atoms with Crippen molar-refractivity contribution in [3.8, 4) is 0 Å². The molecular formula is C14H25N3. The average Bonchev–Trinajstić information content (AvgIpc) is 2.36. The van der Waals surface area contributed by atoms with Gasteiger partial charge in [0.15, 0.2) is 0 Å². The van der Waals surface area contributed by atoms with Crippen LogP contribution in [0.15, 0.2) is 24.5 Å². The fourth-order valence-corrected chi connectivity index (χ4v) is 1.85. The van der Waals surface area contributed by atoms with Crippen molar-refractivity contribution in [1.82, 2.24) is 15.2 Å². The van der Waals surface area contributed by atoms with Gasteiger partial charge in [-0.05, 0) is 51.5 Å². The zero-order valence-corrected chi connectivity index (χ0v) is 11.3. The van der Waals surface area contributed by atoms with Gasteiger partial charge in [-0.15, -0.1) is 0 Å². The van der Waals surface area contributed by atoms with Crippen molar-refractivity contribution in [3.63, 3.8) is 0 Å². The normalized spacial score (nSPS) is 12.9. The maximum Gasteiger partial charge on any atom is 0.0299 e. The van der Waals surface area contributed by atoms with Gasteiger partial charge in [0.05, 0.1) is 0 Å². The average molecular weight is 235 g/mol. The van der Waals surface area contributed by atoms with Crippen LogP contribution in [0.4, 0.5) is 0 Å². The van der Waals surface area contributed by atoms with E-state index in [1.807, 2.05) is 18.5 Å². The van der Waals surface area contributed by atoms with Crippen LogP contribution in [-0.2, 0) is 6.42 Å². The highest BCUT2D eigenvalue weighted by atomic mass is 15.1. The molecule has 1 heterocycles. The van der Waals surface area contributed by atoms with E-state index in [2.05, 4.69) is 42.2 Å². The van der Waals surface area contributed by atoms with Crippen LogP contribution in [-0.4, -0.2) is 42.6 Å². The Kier molecular flexibility index (Phi) is 6.82. The molecule has 0 fully saturated rings. The summed E-state index contributed by atoms with van der Waals surface area (Å²) in [5, 5.41) is 3.56. The summed E-state index contributed by atoms with van der Waals surface area (Å²) in [7, 11) is 2.16. The lowest BCUT2D eigenvalue weighted by Gasteiger charge is -2.20. The van der Waals surface area contributed by atoms with Crippen LogP contribution in [0.5, 0.6) is 0 Å². The highest BCUT2D eigenvalue weighted by molar-refractivity contribution is 5.08. The zero-order valence-electron chi connectivity index (χ0n) is 11.3. The van der Waals surface area contributed by atoms with Crippen LogP contribution in [0.2, 0.25) is 0 Å². The molecule has 1 rings (SSSR count). The van der Waals surface area contributed by atoms with E-state index >= 15 is 0 Å². The Morgan fingerprint density at radius 2 is 2.29 bits per heavy atom. The first kappa shape index (κ1) is 14.1. The lowest BCUT2D eigenvalue weighted by Crippen LogP contribution is -2.37. The zero-order chi connectivity index (χ0) is 12.5. The fourth-order valence-electron chi connectivity index (χ4n) is 1.85. The van der Waals surface area contributed by atoms with Crippen molar-refractivity contribution in [2.45, 2.75) is 32.7 Å². The Labute approximate surface area is 105 Å². The summed E-state index contributed by atoms with van der Waals surface area (Å²) in [6.07, 6.45) is 6.06. The number of rotatable bonds is 8. The summed E-state index contributed by atoms with van der Waals surface area (Å²) in [5.41, 5.74) is 1.33. The number of likely N-dealkylation sites (N-methyl/N-ethyl adjacent to an activating group) is 1. The highest BCUT2D eigenvalue weighted by Gasteiger charge is 2.03. The van der Waals surface area contributed by atoms with E-state index in [4.69, 9.17) is 0 Å². The molecule has 0 aliphatic carbocycles. The molecule has 96 valence electrons. The predicted molar refractivity (Wildman–Crippen MR) is 73.2 cm³/mol. The molecule has 0 saturated heterocycles. The Hall–Kier alpha value is -0.930. The fraction of sp³-hybridized carbons (Fsp3) is 0.643. The van der Waals surface area contributed by atoms with Gasteiger partial charge in [-0.3, -0.25) is 4.98 Å². The molecule has 3 heteroatoms. The van der Waals surface area contributed by atoms with Gasteiger partial charge in [0.2, 0.25) is 0 Å². The van der Waals surface area contributed by atoms with Gasteiger partial charge in [-0.25, -0.2) is 0 Å².